The van der Waals surface area contributed by atoms with Crippen molar-refractivity contribution in [3.05, 3.63) is 40.5 Å². The van der Waals surface area contributed by atoms with E-state index >= 15 is 0 Å². The molecular formula is C20H26BrN5O3S. The number of aromatic amines is 1. The number of nitrogens with zero attached hydrogens (tertiary/aromatic N) is 4. The van der Waals surface area contributed by atoms with Crippen LogP contribution in [0.1, 0.15) is 36.2 Å². The van der Waals surface area contributed by atoms with Crippen molar-refractivity contribution in [2.45, 2.75) is 25.7 Å². The predicted molar refractivity (Wildman–Crippen MR) is 118 cm³/mol. The van der Waals surface area contributed by atoms with E-state index in [-0.39, 0.29) is 5.91 Å². The standard InChI is InChI=1S/C20H26BrN5O3S/c21-17-7-5-16(6-8-17)18-15-19(23-22-18)20(27)24-11-13-26(14-12-24)30(28,29)25-9-3-1-2-4-10-25/h5-8,15H,1-4,9-14H2,(H,22,23). The summed E-state index contributed by atoms with van der Waals surface area (Å²) in [6, 6.07) is 9.46. The Morgan fingerprint density at radius 1 is 0.900 bits per heavy atom. The minimum Gasteiger partial charge on any atom is -0.335 e. The van der Waals surface area contributed by atoms with Gasteiger partial charge in [0.1, 0.15) is 5.69 Å². The van der Waals surface area contributed by atoms with Crippen LogP contribution in [0.2, 0.25) is 0 Å². The number of nitrogens with one attached hydrogen (secondary N) is 1. The zero-order chi connectivity index (χ0) is 21.1. The van der Waals surface area contributed by atoms with Gasteiger partial charge in [-0.1, -0.05) is 40.9 Å². The third kappa shape index (κ3) is 4.61. The molecule has 2 aliphatic rings. The third-order valence-corrected chi connectivity index (χ3v) is 8.26. The van der Waals surface area contributed by atoms with Gasteiger partial charge in [0.25, 0.3) is 16.1 Å². The minimum absolute atomic E-state index is 0.155. The molecule has 2 fully saturated rings. The molecule has 1 N–H and O–H groups in total. The van der Waals surface area contributed by atoms with Gasteiger partial charge in [-0.2, -0.15) is 22.1 Å². The van der Waals surface area contributed by atoms with Gasteiger partial charge in [-0.25, -0.2) is 0 Å². The van der Waals surface area contributed by atoms with Crippen LogP contribution in [-0.4, -0.2) is 77.3 Å². The highest BCUT2D eigenvalue weighted by molar-refractivity contribution is 9.10. The van der Waals surface area contributed by atoms with Gasteiger partial charge in [0, 0.05) is 49.3 Å². The van der Waals surface area contributed by atoms with Gasteiger partial charge in [-0.05, 0) is 31.0 Å². The maximum atomic E-state index is 13.0. The Kier molecular flexibility index (Phi) is 6.57. The van der Waals surface area contributed by atoms with Gasteiger partial charge in [-0.3, -0.25) is 9.89 Å². The highest BCUT2D eigenvalue weighted by Gasteiger charge is 2.34. The number of halogens is 1. The fourth-order valence-electron chi connectivity index (χ4n) is 3.93. The molecule has 1 aromatic carbocycles. The van der Waals surface area contributed by atoms with E-state index in [0.29, 0.717) is 50.7 Å². The third-order valence-electron chi connectivity index (χ3n) is 5.69. The summed E-state index contributed by atoms with van der Waals surface area (Å²) in [5, 5.41) is 7.08. The van der Waals surface area contributed by atoms with Gasteiger partial charge in [0.15, 0.2) is 0 Å². The highest BCUT2D eigenvalue weighted by atomic mass is 79.9. The average molecular weight is 496 g/mol. The highest BCUT2D eigenvalue weighted by Crippen LogP contribution is 2.22. The lowest BCUT2D eigenvalue weighted by atomic mass is 10.1. The largest absolute Gasteiger partial charge is 0.335 e. The Morgan fingerprint density at radius 3 is 2.13 bits per heavy atom. The maximum Gasteiger partial charge on any atom is 0.282 e. The van der Waals surface area contributed by atoms with Crippen LogP contribution in [0.25, 0.3) is 11.3 Å². The number of piperazine rings is 1. The first-order chi connectivity index (χ1) is 14.4. The molecule has 2 aromatic rings. The molecule has 0 spiro atoms. The van der Waals surface area contributed by atoms with Crippen LogP contribution in [0.4, 0.5) is 0 Å². The van der Waals surface area contributed by atoms with Gasteiger partial charge >= 0.3 is 0 Å². The molecule has 8 nitrogen and oxygen atoms in total. The molecular weight excluding hydrogens is 470 g/mol. The van der Waals surface area contributed by atoms with Crippen molar-refractivity contribution in [1.82, 2.24) is 23.7 Å². The van der Waals surface area contributed by atoms with Crippen LogP contribution in [0.15, 0.2) is 34.8 Å². The van der Waals surface area contributed by atoms with Crippen LogP contribution in [0, 0.1) is 0 Å². The monoisotopic (exact) mass is 495 g/mol. The summed E-state index contributed by atoms with van der Waals surface area (Å²) in [5.74, 6) is -0.155. The Labute approximate surface area is 185 Å². The Hall–Kier alpha value is -1.75. The summed E-state index contributed by atoms with van der Waals surface area (Å²) in [4.78, 5) is 14.6. The van der Waals surface area contributed by atoms with E-state index < -0.39 is 10.2 Å². The summed E-state index contributed by atoms with van der Waals surface area (Å²) < 4.78 is 30.0. The van der Waals surface area contributed by atoms with Crippen molar-refractivity contribution in [1.29, 1.82) is 0 Å². The fourth-order valence-corrected chi connectivity index (χ4v) is 5.86. The van der Waals surface area contributed by atoms with Crippen molar-refractivity contribution in [2.24, 2.45) is 0 Å². The number of carbonyl (C=O) groups excluding carboxylic acids is 1. The lowest BCUT2D eigenvalue weighted by Gasteiger charge is -2.36. The van der Waals surface area contributed by atoms with Crippen LogP contribution < -0.4 is 0 Å². The number of amides is 1. The van der Waals surface area contributed by atoms with E-state index in [1.165, 1.54) is 4.31 Å². The Morgan fingerprint density at radius 2 is 1.50 bits per heavy atom. The first-order valence-electron chi connectivity index (χ1n) is 10.3. The van der Waals surface area contributed by atoms with Gasteiger partial charge in [0.05, 0.1) is 5.69 Å². The molecule has 1 aromatic heterocycles. The van der Waals surface area contributed by atoms with Crippen LogP contribution in [0.3, 0.4) is 0 Å². The lowest BCUT2D eigenvalue weighted by molar-refractivity contribution is 0.0688. The number of benzene rings is 1. The number of hydrogen-bond donors (Lipinski definition) is 1. The van der Waals surface area contributed by atoms with E-state index in [0.717, 1.165) is 35.7 Å². The second-order valence-electron chi connectivity index (χ2n) is 7.69. The quantitative estimate of drug-likeness (QED) is 0.705. The summed E-state index contributed by atoms with van der Waals surface area (Å²) in [6.07, 6.45) is 4.00. The SMILES string of the molecule is O=C(c1cc(-c2ccc(Br)cc2)n[nH]1)N1CCN(S(=O)(=O)N2CCCCCC2)CC1. The summed E-state index contributed by atoms with van der Waals surface area (Å²) in [6.45, 7) is 2.57. The number of H-pyrrole nitrogens is 1. The molecule has 2 saturated heterocycles. The van der Waals surface area contributed by atoms with E-state index in [9.17, 15) is 13.2 Å². The molecule has 10 heteroatoms. The first kappa shape index (κ1) is 21.5. The Balaban J connectivity index is 1.38. The average Bonchev–Trinajstić information content (AvgIpc) is 3.08. The molecule has 0 atom stereocenters. The molecule has 30 heavy (non-hydrogen) atoms. The number of aromatic nitrogens is 2. The summed E-state index contributed by atoms with van der Waals surface area (Å²) in [5.41, 5.74) is 2.03. The molecule has 3 heterocycles. The molecule has 0 aliphatic carbocycles. The number of rotatable bonds is 4. The molecule has 0 saturated carbocycles. The van der Waals surface area contributed by atoms with Gasteiger partial charge in [0.2, 0.25) is 0 Å². The normalized spacial score (nSPS) is 19.6. The summed E-state index contributed by atoms with van der Waals surface area (Å²) >= 11 is 3.41. The van der Waals surface area contributed by atoms with Crippen LogP contribution in [-0.2, 0) is 10.2 Å². The second kappa shape index (κ2) is 9.17. The van der Waals surface area contributed by atoms with Gasteiger partial charge in [-0.15, -0.1) is 0 Å². The fraction of sp³-hybridized carbons (Fsp3) is 0.500. The van der Waals surface area contributed by atoms with Crippen molar-refractivity contribution >= 4 is 32.0 Å². The van der Waals surface area contributed by atoms with E-state index in [1.54, 1.807) is 15.3 Å². The molecule has 1 amide bonds. The molecule has 4 rings (SSSR count). The predicted octanol–water partition coefficient (Wildman–Crippen LogP) is 2.72. The van der Waals surface area contributed by atoms with Gasteiger partial charge < -0.3 is 4.90 Å². The first-order valence-corrected chi connectivity index (χ1v) is 12.5. The zero-order valence-electron chi connectivity index (χ0n) is 16.8. The minimum atomic E-state index is -3.45. The zero-order valence-corrected chi connectivity index (χ0v) is 19.2. The smallest absolute Gasteiger partial charge is 0.282 e. The van der Waals surface area contributed by atoms with Crippen molar-refractivity contribution in [2.75, 3.05) is 39.3 Å². The van der Waals surface area contributed by atoms with E-state index in [4.69, 9.17) is 0 Å². The molecule has 0 radical (unpaired) electrons. The topological polar surface area (TPSA) is 89.6 Å². The molecule has 2 aliphatic heterocycles. The van der Waals surface area contributed by atoms with Crippen LogP contribution in [0.5, 0.6) is 0 Å². The summed E-state index contributed by atoms with van der Waals surface area (Å²) in [7, 11) is -3.45. The van der Waals surface area contributed by atoms with E-state index in [1.807, 2.05) is 24.3 Å². The Bertz CT molecular complexity index is 976. The van der Waals surface area contributed by atoms with Crippen molar-refractivity contribution in [3.8, 4) is 11.3 Å². The number of hydrogen-bond acceptors (Lipinski definition) is 4. The number of carbonyl (C=O) groups is 1. The lowest BCUT2D eigenvalue weighted by Crippen LogP contribution is -2.54. The van der Waals surface area contributed by atoms with E-state index in [2.05, 4.69) is 26.1 Å². The molecule has 162 valence electrons. The van der Waals surface area contributed by atoms with Crippen molar-refractivity contribution in [3.63, 3.8) is 0 Å². The molecule has 0 unspecified atom stereocenters. The van der Waals surface area contributed by atoms with Crippen LogP contribution >= 0.6 is 15.9 Å². The second-order valence-corrected chi connectivity index (χ2v) is 10.5. The maximum absolute atomic E-state index is 13.0. The van der Waals surface area contributed by atoms with Crippen molar-refractivity contribution < 1.29 is 13.2 Å². The molecule has 0 bridgehead atoms.